The smallest absolute Gasteiger partial charge is 0.410 e. The molecule has 0 N–H and O–H groups in total. The average Bonchev–Trinajstić information content (AvgIpc) is 3.13. The molecular weight excluding hydrogens is 388 g/mol. The minimum atomic E-state index is -0.533. The number of amides is 1. The Morgan fingerprint density at radius 2 is 1.96 bits per heavy atom. The van der Waals surface area contributed by atoms with Crippen LogP contribution >= 0.6 is 15.9 Å². The minimum Gasteiger partial charge on any atom is -0.444 e. The molecule has 0 bridgehead atoms. The molecule has 1 aliphatic heterocycles. The van der Waals surface area contributed by atoms with Crippen LogP contribution in [0.1, 0.15) is 33.2 Å². The van der Waals surface area contributed by atoms with Crippen molar-refractivity contribution in [2.75, 3.05) is 13.1 Å². The van der Waals surface area contributed by atoms with E-state index in [1.807, 2.05) is 45.0 Å². The molecule has 0 saturated carbocycles. The molecule has 1 aromatic carbocycles. The number of aromatic nitrogens is 3. The zero-order valence-electron chi connectivity index (χ0n) is 14.5. The Labute approximate surface area is 154 Å². The molecule has 134 valence electrons. The van der Waals surface area contributed by atoms with E-state index in [9.17, 15) is 9.59 Å². The largest absolute Gasteiger partial charge is 0.444 e. The van der Waals surface area contributed by atoms with Crippen LogP contribution < -0.4 is 5.69 Å². The molecule has 0 radical (unpaired) electrons. The number of ether oxygens (including phenoxy) is 1. The molecular formula is C17H21BrN4O3. The normalized spacial score (nSPS) is 17.8. The molecule has 0 aliphatic carbocycles. The van der Waals surface area contributed by atoms with Gasteiger partial charge in [0, 0.05) is 17.6 Å². The van der Waals surface area contributed by atoms with Crippen molar-refractivity contribution in [3.63, 3.8) is 0 Å². The maximum absolute atomic E-state index is 12.7. The Hall–Kier alpha value is -2.09. The third kappa shape index (κ3) is 3.95. The van der Waals surface area contributed by atoms with Gasteiger partial charge in [-0.1, -0.05) is 15.9 Å². The molecule has 8 heteroatoms. The quantitative estimate of drug-likeness (QED) is 0.765. The van der Waals surface area contributed by atoms with Crippen molar-refractivity contribution in [3.8, 4) is 5.69 Å². The maximum Gasteiger partial charge on any atom is 0.410 e. The number of nitrogens with zero attached hydrogens (tertiary/aromatic N) is 4. The summed E-state index contributed by atoms with van der Waals surface area (Å²) >= 11 is 3.38. The molecule has 1 aliphatic rings. The second-order valence-electron chi connectivity index (χ2n) is 7.07. The van der Waals surface area contributed by atoms with E-state index in [2.05, 4.69) is 21.0 Å². The van der Waals surface area contributed by atoms with Gasteiger partial charge in [-0.05, 0) is 51.5 Å². The molecule has 1 unspecified atom stereocenters. The molecule has 1 saturated heterocycles. The zero-order valence-corrected chi connectivity index (χ0v) is 16.1. The first-order valence-electron chi connectivity index (χ1n) is 8.14. The number of hydrogen-bond acceptors (Lipinski definition) is 4. The fraction of sp³-hybridized carbons (Fsp3) is 0.471. The van der Waals surface area contributed by atoms with Gasteiger partial charge in [-0.3, -0.25) is 0 Å². The lowest BCUT2D eigenvalue weighted by Crippen LogP contribution is -2.36. The predicted molar refractivity (Wildman–Crippen MR) is 97.0 cm³/mol. The molecule has 1 aromatic heterocycles. The summed E-state index contributed by atoms with van der Waals surface area (Å²) in [5, 5.41) is 4.24. The predicted octanol–water partition coefficient (Wildman–Crippen LogP) is 2.98. The van der Waals surface area contributed by atoms with Gasteiger partial charge in [0.2, 0.25) is 0 Å². The number of carbonyl (C=O) groups is 1. The molecule has 1 amide bonds. The summed E-state index contributed by atoms with van der Waals surface area (Å²) in [6.07, 6.45) is 1.84. The topological polar surface area (TPSA) is 69.4 Å². The molecule has 2 heterocycles. The number of benzene rings is 1. The second-order valence-corrected chi connectivity index (χ2v) is 7.99. The minimum absolute atomic E-state index is 0.142. The number of halogens is 1. The fourth-order valence-corrected chi connectivity index (χ4v) is 3.04. The van der Waals surface area contributed by atoms with Crippen molar-refractivity contribution in [2.45, 2.75) is 38.8 Å². The van der Waals surface area contributed by atoms with Crippen molar-refractivity contribution in [1.29, 1.82) is 0 Å². The van der Waals surface area contributed by atoms with Crippen LogP contribution in [-0.2, 0) is 4.74 Å². The van der Waals surface area contributed by atoms with Crippen LogP contribution in [0, 0.1) is 0 Å². The highest BCUT2D eigenvalue weighted by atomic mass is 79.9. The summed E-state index contributed by atoms with van der Waals surface area (Å²) in [4.78, 5) is 26.5. The van der Waals surface area contributed by atoms with Gasteiger partial charge in [-0.25, -0.2) is 18.8 Å². The Morgan fingerprint density at radius 1 is 1.28 bits per heavy atom. The second kappa shape index (κ2) is 6.67. The van der Waals surface area contributed by atoms with E-state index in [1.165, 1.54) is 15.6 Å². The van der Waals surface area contributed by atoms with Crippen LogP contribution in [0.25, 0.3) is 5.69 Å². The van der Waals surface area contributed by atoms with Crippen molar-refractivity contribution < 1.29 is 9.53 Å². The Balaban J connectivity index is 1.75. The number of likely N-dealkylation sites (tertiary alicyclic amines) is 1. The van der Waals surface area contributed by atoms with Crippen LogP contribution in [-0.4, -0.2) is 44.0 Å². The van der Waals surface area contributed by atoms with Gasteiger partial charge in [0.05, 0.1) is 11.7 Å². The highest BCUT2D eigenvalue weighted by molar-refractivity contribution is 9.10. The molecule has 1 atom stereocenters. The van der Waals surface area contributed by atoms with Gasteiger partial charge in [0.25, 0.3) is 0 Å². The summed E-state index contributed by atoms with van der Waals surface area (Å²) < 4.78 is 9.29. The third-order valence-corrected chi connectivity index (χ3v) is 4.49. The molecule has 0 spiro atoms. The summed E-state index contributed by atoms with van der Waals surface area (Å²) in [5.74, 6) is 0. The zero-order chi connectivity index (χ0) is 18.2. The summed E-state index contributed by atoms with van der Waals surface area (Å²) in [5.41, 5.74) is 0.00892. The van der Waals surface area contributed by atoms with Crippen LogP contribution in [0.2, 0.25) is 0 Å². The number of hydrogen-bond donors (Lipinski definition) is 0. The maximum atomic E-state index is 12.7. The van der Waals surface area contributed by atoms with E-state index >= 15 is 0 Å². The van der Waals surface area contributed by atoms with Crippen LogP contribution in [0.15, 0.2) is 39.9 Å². The van der Waals surface area contributed by atoms with Gasteiger partial charge >= 0.3 is 11.8 Å². The van der Waals surface area contributed by atoms with E-state index < -0.39 is 5.60 Å². The molecule has 2 aromatic rings. The first-order chi connectivity index (χ1) is 11.7. The summed E-state index contributed by atoms with van der Waals surface area (Å²) in [7, 11) is 0. The Kier molecular flexibility index (Phi) is 4.73. The lowest BCUT2D eigenvalue weighted by molar-refractivity contribution is 0.0288. The molecule has 3 rings (SSSR count). The SMILES string of the molecule is CC(C)(C)OC(=O)N1CCC(n2ncn(-c3ccc(Br)cc3)c2=O)C1. The molecule has 25 heavy (non-hydrogen) atoms. The van der Waals surface area contributed by atoms with Gasteiger partial charge in [-0.15, -0.1) is 0 Å². The van der Waals surface area contributed by atoms with Crippen LogP contribution in [0.4, 0.5) is 4.79 Å². The first-order valence-corrected chi connectivity index (χ1v) is 8.94. The monoisotopic (exact) mass is 408 g/mol. The van der Waals surface area contributed by atoms with Crippen molar-refractivity contribution in [1.82, 2.24) is 19.2 Å². The van der Waals surface area contributed by atoms with Crippen LogP contribution in [0.3, 0.4) is 0 Å². The van der Waals surface area contributed by atoms with Crippen LogP contribution in [0.5, 0.6) is 0 Å². The first kappa shape index (κ1) is 17.7. The van der Waals surface area contributed by atoms with Crippen molar-refractivity contribution in [2.24, 2.45) is 0 Å². The van der Waals surface area contributed by atoms with Gasteiger partial charge < -0.3 is 9.64 Å². The van der Waals surface area contributed by atoms with Gasteiger partial charge in [0.1, 0.15) is 11.9 Å². The standard InChI is InChI=1S/C17H21BrN4O3/c1-17(2,3)25-16(24)20-9-8-14(10-20)22-15(23)21(11-19-22)13-6-4-12(18)5-7-13/h4-7,11,14H,8-10H2,1-3H3. The lowest BCUT2D eigenvalue weighted by atomic mass is 10.2. The third-order valence-electron chi connectivity index (χ3n) is 3.96. The van der Waals surface area contributed by atoms with E-state index in [0.29, 0.717) is 19.5 Å². The summed E-state index contributed by atoms with van der Waals surface area (Å²) in [6, 6.07) is 7.30. The summed E-state index contributed by atoms with van der Waals surface area (Å²) in [6.45, 7) is 6.48. The van der Waals surface area contributed by atoms with E-state index in [0.717, 1.165) is 10.2 Å². The lowest BCUT2D eigenvalue weighted by Gasteiger charge is -2.24. The van der Waals surface area contributed by atoms with E-state index in [-0.39, 0.29) is 17.8 Å². The average molecular weight is 409 g/mol. The molecule has 7 nitrogen and oxygen atoms in total. The highest BCUT2D eigenvalue weighted by Gasteiger charge is 2.32. The molecule has 1 fully saturated rings. The Morgan fingerprint density at radius 3 is 2.60 bits per heavy atom. The number of carbonyl (C=O) groups excluding carboxylic acids is 1. The van der Waals surface area contributed by atoms with E-state index in [1.54, 1.807) is 4.90 Å². The highest BCUT2D eigenvalue weighted by Crippen LogP contribution is 2.22. The van der Waals surface area contributed by atoms with Gasteiger partial charge in [-0.2, -0.15) is 5.10 Å². The van der Waals surface area contributed by atoms with Crippen molar-refractivity contribution in [3.05, 3.63) is 45.5 Å². The van der Waals surface area contributed by atoms with Crippen molar-refractivity contribution >= 4 is 22.0 Å². The van der Waals surface area contributed by atoms with E-state index in [4.69, 9.17) is 4.74 Å². The fourth-order valence-electron chi connectivity index (χ4n) is 2.78. The Bertz CT molecular complexity index is 820. The number of rotatable bonds is 2. The van der Waals surface area contributed by atoms with Gasteiger partial charge in [0.15, 0.2) is 0 Å².